The highest BCUT2D eigenvalue weighted by molar-refractivity contribution is 6.30. The fraction of sp³-hybridized carbons (Fsp3) is 0.455. The summed E-state index contributed by atoms with van der Waals surface area (Å²) in [5, 5.41) is 12.1. The molecule has 0 saturated carbocycles. The first-order valence-electron chi connectivity index (χ1n) is 4.89. The van der Waals surface area contributed by atoms with Crippen LogP contribution in [0.15, 0.2) is 18.2 Å². The lowest BCUT2D eigenvalue weighted by molar-refractivity contribution is 0.233. The molecule has 15 heavy (non-hydrogen) atoms. The summed E-state index contributed by atoms with van der Waals surface area (Å²) in [6, 6.07) is 4.65. The molecule has 2 nitrogen and oxygen atoms in total. The summed E-state index contributed by atoms with van der Waals surface area (Å²) in [6.07, 6.45) is 0. The third-order valence-corrected chi connectivity index (χ3v) is 2.41. The van der Waals surface area contributed by atoms with E-state index in [0.29, 0.717) is 6.54 Å². The minimum atomic E-state index is -0.399. The number of hydrogen-bond acceptors (Lipinski definition) is 2. The fourth-order valence-corrected chi connectivity index (χ4v) is 1.38. The molecule has 0 spiro atoms. The summed E-state index contributed by atoms with van der Waals surface area (Å²) in [7, 11) is 0. The lowest BCUT2D eigenvalue weighted by Crippen LogP contribution is -2.22. The zero-order valence-electron chi connectivity index (χ0n) is 8.63. The van der Waals surface area contributed by atoms with Crippen molar-refractivity contribution in [2.75, 3.05) is 13.2 Å². The summed E-state index contributed by atoms with van der Waals surface area (Å²) in [4.78, 5) is 0. The van der Waals surface area contributed by atoms with Crippen molar-refractivity contribution in [2.24, 2.45) is 5.92 Å². The number of halogens is 2. The molecule has 1 aromatic rings. The van der Waals surface area contributed by atoms with Crippen LogP contribution in [0.4, 0.5) is 4.39 Å². The van der Waals surface area contributed by atoms with Crippen molar-refractivity contribution in [1.82, 2.24) is 5.32 Å². The Morgan fingerprint density at radius 1 is 1.53 bits per heavy atom. The summed E-state index contributed by atoms with van der Waals surface area (Å²) in [5.74, 6) is -0.176. The number of nitrogens with one attached hydrogen (secondary N) is 1. The Labute approximate surface area is 94.1 Å². The maximum absolute atomic E-state index is 12.8. The molecule has 0 aromatic heterocycles. The molecule has 1 unspecified atom stereocenters. The standard InChI is InChI=1S/C11H15ClFNO/c1-8(7-15)5-14-6-9-2-3-11(13)10(12)4-9/h2-4,8,14-15H,5-7H2,1H3. The molecule has 0 heterocycles. The second-order valence-corrected chi connectivity index (χ2v) is 4.07. The van der Waals surface area contributed by atoms with Gasteiger partial charge < -0.3 is 10.4 Å². The van der Waals surface area contributed by atoms with E-state index >= 15 is 0 Å². The molecule has 4 heteroatoms. The molecule has 0 aliphatic carbocycles. The van der Waals surface area contributed by atoms with Crippen LogP contribution in [0.3, 0.4) is 0 Å². The summed E-state index contributed by atoms with van der Waals surface area (Å²) in [6.45, 7) is 3.47. The quantitative estimate of drug-likeness (QED) is 0.814. The summed E-state index contributed by atoms with van der Waals surface area (Å²) in [5.41, 5.74) is 0.937. The minimum Gasteiger partial charge on any atom is -0.396 e. The van der Waals surface area contributed by atoms with Gasteiger partial charge in [0.1, 0.15) is 5.82 Å². The second-order valence-electron chi connectivity index (χ2n) is 3.67. The third kappa shape index (κ3) is 4.16. The molecule has 1 atom stereocenters. The van der Waals surface area contributed by atoms with Crippen LogP contribution in [0.2, 0.25) is 5.02 Å². The van der Waals surface area contributed by atoms with Gasteiger partial charge in [-0.3, -0.25) is 0 Å². The van der Waals surface area contributed by atoms with Crippen molar-refractivity contribution in [2.45, 2.75) is 13.5 Å². The maximum atomic E-state index is 12.8. The number of hydrogen-bond donors (Lipinski definition) is 2. The number of aliphatic hydroxyl groups is 1. The molecule has 0 fully saturated rings. The molecule has 0 aliphatic rings. The number of aliphatic hydroxyl groups excluding tert-OH is 1. The van der Waals surface area contributed by atoms with Crippen LogP contribution in [0.1, 0.15) is 12.5 Å². The van der Waals surface area contributed by atoms with Crippen molar-refractivity contribution in [3.63, 3.8) is 0 Å². The van der Waals surface area contributed by atoms with Crippen molar-refractivity contribution in [3.8, 4) is 0 Å². The highest BCUT2D eigenvalue weighted by Gasteiger charge is 2.02. The third-order valence-electron chi connectivity index (χ3n) is 2.12. The van der Waals surface area contributed by atoms with Crippen molar-refractivity contribution in [3.05, 3.63) is 34.6 Å². The Hall–Kier alpha value is -0.640. The van der Waals surface area contributed by atoms with Crippen LogP contribution in [-0.2, 0) is 6.54 Å². The smallest absolute Gasteiger partial charge is 0.141 e. The molecule has 0 saturated heterocycles. The second kappa shape index (κ2) is 6.05. The largest absolute Gasteiger partial charge is 0.396 e. The van der Waals surface area contributed by atoms with E-state index in [0.717, 1.165) is 12.1 Å². The van der Waals surface area contributed by atoms with Gasteiger partial charge in [-0.2, -0.15) is 0 Å². The van der Waals surface area contributed by atoms with Crippen LogP contribution >= 0.6 is 11.6 Å². The molecule has 0 bridgehead atoms. The average molecular weight is 232 g/mol. The van der Waals surface area contributed by atoms with Gasteiger partial charge in [0.05, 0.1) is 5.02 Å². The van der Waals surface area contributed by atoms with E-state index in [2.05, 4.69) is 5.32 Å². The molecule has 0 radical (unpaired) electrons. The van der Waals surface area contributed by atoms with Crippen LogP contribution in [0.25, 0.3) is 0 Å². The predicted molar refractivity (Wildman–Crippen MR) is 59.4 cm³/mol. The summed E-state index contributed by atoms with van der Waals surface area (Å²) >= 11 is 5.64. The van der Waals surface area contributed by atoms with Crippen LogP contribution in [0, 0.1) is 11.7 Å². The zero-order chi connectivity index (χ0) is 11.3. The van der Waals surface area contributed by atoms with E-state index in [9.17, 15) is 4.39 Å². The van der Waals surface area contributed by atoms with Crippen molar-refractivity contribution >= 4 is 11.6 Å². The molecule has 1 aromatic carbocycles. The molecule has 84 valence electrons. The lowest BCUT2D eigenvalue weighted by atomic mass is 10.2. The van der Waals surface area contributed by atoms with E-state index in [1.165, 1.54) is 6.07 Å². The molecule has 0 aliphatic heterocycles. The molecular weight excluding hydrogens is 217 g/mol. The Balaban J connectivity index is 2.41. The first kappa shape index (κ1) is 12.4. The Morgan fingerprint density at radius 2 is 2.27 bits per heavy atom. The van der Waals surface area contributed by atoms with Crippen molar-refractivity contribution < 1.29 is 9.50 Å². The predicted octanol–water partition coefficient (Wildman–Crippen LogP) is 2.20. The monoisotopic (exact) mass is 231 g/mol. The van der Waals surface area contributed by atoms with E-state index < -0.39 is 5.82 Å². The maximum Gasteiger partial charge on any atom is 0.141 e. The topological polar surface area (TPSA) is 32.3 Å². The van der Waals surface area contributed by atoms with Crippen LogP contribution in [-0.4, -0.2) is 18.3 Å². The molecular formula is C11H15ClFNO. The van der Waals surface area contributed by atoms with E-state index in [1.807, 2.05) is 6.92 Å². The Bertz CT molecular complexity index is 319. The van der Waals surface area contributed by atoms with Crippen LogP contribution in [0.5, 0.6) is 0 Å². The van der Waals surface area contributed by atoms with Gasteiger partial charge in [-0.05, 0) is 23.6 Å². The first-order chi connectivity index (χ1) is 7.13. The van der Waals surface area contributed by atoms with Crippen molar-refractivity contribution in [1.29, 1.82) is 0 Å². The van der Waals surface area contributed by atoms with E-state index in [1.54, 1.807) is 12.1 Å². The SMILES string of the molecule is CC(CO)CNCc1ccc(F)c(Cl)c1. The molecule has 0 amide bonds. The zero-order valence-corrected chi connectivity index (χ0v) is 9.39. The van der Waals surface area contributed by atoms with Gasteiger partial charge in [0, 0.05) is 19.7 Å². The molecule has 1 rings (SSSR count). The van der Waals surface area contributed by atoms with Gasteiger partial charge in [0.2, 0.25) is 0 Å². The van der Waals surface area contributed by atoms with E-state index in [-0.39, 0.29) is 17.5 Å². The van der Waals surface area contributed by atoms with Crippen LogP contribution < -0.4 is 5.32 Å². The minimum absolute atomic E-state index is 0.143. The van der Waals surface area contributed by atoms with E-state index in [4.69, 9.17) is 16.7 Å². The van der Waals surface area contributed by atoms with Gasteiger partial charge in [0.15, 0.2) is 0 Å². The lowest BCUT2D eigenvalue weighted by Gasteiger charge is -2.09. The van der Waals surface area contributed by atoms with Gasteiger partial charge >= 0.3 is 0 Å². The first-order valence-corrected chi connectivity index (χ1v) is 5.26. The normalized spacial score (nSPS) is 12.8. The Kier molecular flexibility index (Phi) is 5.02. The number of benzene rings is 1. The average Bonchev–Trinajstić information content (AvgIpc) is 2.23. The number of rotatable bonds is 5. The van der Waals surface area contributed by atoms with Gasteiger partial charge in [-0.1, -0.05) is 24.6 Å². The fourth-order valence-electron chi connectivity index (χ4n) is 1.18. The molecule has 2 N–H and O–H groups in total. The van der Waals surface area contributed by atoms with Gasteiger partial charge in [-0.15, -0.1) is 0 Å². The van der Waals surface area contributed by atoms with Gasteiger partial charge in [-0.25, -0.2) is 4.39 Å². The Morgan fingerprint density at radius 3 is 2.87 bits per heavy atom. The highest BCUT2D eigenvalue weighted by atomic mass is 35.5. The summed E-state index contributed by atoms with van der Waals surface area (Å²) < 4.78 is 12.8. The highest BCUT2D eigenvalue weighted by Crippen LogP contribution is 2.15. The van der Waals surface area contributed by atoms with Gasteiger partial charge in [0.25, 0.3) is 0 Å².